The molecule has 0 bridgehead atoms. The average Bonchev–Trinajstić information content (AvgIpc) is 2.39. The standard InChI is InChI=1S/C16H26NO2P/c1-12(2)15-10-9-13(3)11-16(15)19-20(17,18)14-7-5-4-6-8-14/h4-8,12-13,15-16H,9-11H2,1-3H3,(H2,17,18)/t13-,15-,16-,20-/m1/s1. The molecule has 1 aliphatic carbocycles. The quantitative estimate of drug-likeness (QED) is 0.856. The zero-order chi connectivity index (χ0) is 14.8. The van der Waals surface area contributed by atoms with Crippen LogP contribution in [-0.4, -0.2) is 6.10 Å². The van der Waals surface area contributed by atoms with E-state index in [4.69, 9.17) is 10.0 Å². The van der Waals surface area contributed by atoms with Crippen LogP contribution in [0, 0.1) is 17.8 Å². The Morgan fingerprint density at radius 1 is 1.25 bits per heavy atom. The topological polar surface area (TPSA) is 52.3 Å². The maximum Gasteiger partial charge on any atom is 0.297 e. The van der Waals surface area contributed by atoms with Crippen LogP contribution < -0.4 is 10.8 Å². The Bertz CT molecular complexity index is 475. The minimum atomic E-state index is -3.22. The van der Waals surface area contributed by atoms with Gasteiger partial charge in [-0.2, -0.15) is 0 Å². The Morgan fingerprint density at radius 2 is 1.90 bits per heavy atom. The van der Waals surface area contributed by atoms with Crippen LogP contribution >= 0.6 is 7.52 Å². The summed E-state index contributed by atoms with van der Waals surface area (Å²) in [5, 5.41) is 0.612. The van der Waals surface area contributed by atoms with E-state index < -0.39 is 7.52 Å². The highest BCUT2D eigenvalue weighted by Gasteiger charge is 2.36. The van der Waals surface area contributed by atoms with Crippen molar-refractivity contribution in [1.82, 2.24) is 0 Å². The Kier molecular flexibility index (Phi) is 5.06. The first-order valence-electron chi connectivity index (χ1n) is 7.53. The van der Waals surface area contributed by atoms with Crippen molar-refractivity contribution in [2.24, 2.45) is 23.3 Å². The van der Waals surface area contributed by atoms with Crippen molar-refractivity contribution in [2.45, 2.75) is 46.1 Å². The van der Waals surface area contributed by atoms with Crippen LogP contribution in [0.15, 0.2) is 30.3 Å². The average molecular weight is 295 g/mol. The van der Waals surface area contributed by atoms with Crippen LogP contribution in [0.1, 0.15) is 40.0 Å². The summed E-state index contributed by atoms with van der Waals surface area (Å²) >= 11 is 0. The molecule has 1 aromatic carbocycles. The lowest BCUT2D eigenvalue weighted by atomic mass is 9.75. The fraction of sp³-hybridized carbons (Fsp3) is 0.625. The third-order valence-corrected chi connectivity index (χ3v) is 5.97. The first-order chi connectivity index (χ1) is 9.40. The highest BCUT2D eigenvalue weighted by atomic mass is 31.2. The minimum absolute atomic E-state index is 0.00906. The molecule has 112 valence electrons. The summed E-state index contributed by atoms with van der Waals surface area (Å²) in [4.78, 5) is 0. The van der Waals surface area contributed by atoms with E-state index >= 15 is 0 Å². The molecule has 1 saturated carbocycles. The van der Waals surface area contributed by atoms with Crippen molar-refractivity contribution in [2.75, 3.05) is 0 Å². The smallest absolute Gasteiger partial charge is 0.297 e. The Hall–Kier alpha value is -0.630. The summed E-state index contributed by atoms with van der Waals surface area (Å²) in [6.45, 7) is 6.65. The lowest BCUT2D eigenvalue weighted by molar-refractivity contribution is 0.0498. The van der Waals surface area contributed by atoms with Gasteiger partial charge in [-0.15, -0.1) is 0 Å². The van der Waals surface area contributed by atoms with Crippen LogP contribution in [0.2, 0.25) is 0 Å². The summed E-state index contributed by atoms with van der Waals surface area (Å²) in [6.07, 6.45) is 3.33. The van der Waals surface area contributed by atoms with Crippen molar-refractivity contribution in [3.05, 3.63) is 30.3 Å². The summed E-state index contributed by atoms with van der Waals surface area (Å²) in [6, 6.07) is 9.17. The van der Waals surface area contributed by atoms with Gasteiger partial charge in [-0.1, -0.05) is 45.4 Å². The van der Waals surface area contributed by atoms with Crippen molar-refractivity contribution in [3.8, 4) is 0 Å². The molecule has 3 nitrogen and oxygen atoms in total. The van der Waals surface area contributed by atoms with Gasteiger partial charge in [0, 0.05) is 0 Å². The van der Waals surface area contributed by atoms with Crippen LogP contribution in [-0.2, 0) is 9.09 Å². The van der Waals surface area contributed by atoms with E-state index in [1.807, 2.05) is 18.2 Å². The van der Waals surface area contributed by atoms with Crippen molar-refractivity contribution in [3.63, 3.8) is 0 Å². The zero-order valence-corrected chi connectivity index (χ0v) is 13.6. The fourth-order valence-corrected chi connectivity index (χ4v) is 4.49. The van der Waals surface area contributed by atoms with Crippen LogP contribution in [0.3, 0.4) is 0 Å². The number of nitrogens with two attached hydrogens (primary N) is 1. The highest BCUT2D eigenvalue weighted by Crippen LogP contribution is 2.45. The van der Waals surface area contributed by atoms with Crippen LogP contribution in [0.5, 0.6) is 0 Å². The second kappa shape index (κ2) is 6.43. The van der Waals surface area contributed by atoms with Gasteiger partial charge in [0.15, 0.2) is 0 Å². The molecule has 0 saturated heterocycles. The number of benzene rings is 1. The molecule has 0 heterocycles. The van der Waals surface area contributed by atoms with Gasteiger partial charge in [-0.25, -0.2) is 0 Å². The molecule has 0 spiro atoms. The largest absolute Gasteiger partial charge is 0.311 e. The van der Waals surface area contributed by atoms with Crippen LogP contribution in [0.4, 0.5) is 0 Å². The molecule has 0 radical (unpaired) electrons. The van der Waals surface area contributed by atoms with Gasteiger partial charge in [-0.3, -0.25) is 10.1 Å². The molecule has 0 amide bonds. The van der Waals surface area contributed by atoms with Gasteiger partial charge < -0.3 is 4.52 Å². The number of hydrogen-bond donors (Lipinski definition) is 1. The number of hydrogen-bond acceptors (Lipinski definition) is 2. The van der Waals surface area contributed by atoms with Gasteiger partial charge in [0.25, 0.3) is 7.52 Å². The van der Waals surface area contributed by atoms with E-state index in [1.165, 1.54) is 6.42 Å². The van der Waals surface area contributed by atoms with Crippen molar-refractivity contribution >= 4 is 12.8 Å². The Labute approximate surface area is 122 Å². The highest BCUT2D eigenvalue weighted by molar-refractivity contribution is 7.64. The molecule has 0 aliphatic heterocycles. The summed E-state index contributed by atoms with van der Waals surface area (Å²) in [5.41, 5.74) is 6.01. The van der Waals surface area contributed by atoms with Gasteiger partial charge in [0.05, 0.1) is 11.4 Å². The molecule has 0 unspecified atom stereocenters. The van der Waals surface area contributed by atoms with Gasteiger partial charge >= 0.3 is 0 Å². The van der Waals surface area contributed by atoms with Gasteiger partial charge in [0.2, 0.25) is 0 Å². The lowest BCUT2D eigenvalue weighted by Crippen LogP contribution is -2.35. The predicted octanol–water partition coefficient (Wildman–Crippen LogP) is 3.94. The van der Waals surface area contributed by atoms with E-state index in [-0.39, 0.29) is 6.10 Å². The predicted molar refractivity (Wildman–Crippen MR) is 84.1 cm³/mol. The SMILES string of the molecule is CC(C)[C@H]1CC[C@@H](C)C[C@H]1O[P@](N)(=O)c1ccccc1. The van der Waals surface area contributed by atoms with E-state index in [1.54, 1.807) is 12.1 Å². The molecule has 20 heavy (non-hydrogen) atoms. The second-order valence-corrected chi connectivity index (χ2v) is 8.32. The molecule has 4 heteroatoms. The summed E-state index contributed by atoms with van der Waals surface area (Å²) in [5.74, 6) is 1.60. The first kappa shape index (κ1) is 15.8. The lowest BCUT2D eigenvalue weighted by Gasteiger charge is -2.38. The van der Waals surface area contributed by atoms with E-state index in [0.717, 1.165) is 12.8 Å². The molecule has 4 atom stereocenters. The molecule has 2 rings (SSSR count). The van der Waals surface area contributed by atoms with Gasteiger partial charge in [-0.05, 0) is 42.7 Å². The molecule has 1 aromatic rings. The van der Waals surface area contributed by atoms with Gasteiger partial charge in [0.1, 0.15) is 0 Å². The van der Waals surface area contributed by atoms with Crippen LogP contribution in [0.25, 0.3) is 0 Å². The molecule has 1 aliphatic rings. The van der Waals surface area contributed by atoms with E-state index in [2.05, 4.69) is 20.8 Å². The molecule has 2 N–H and O–H groups in total. The maximum absolute atomic E-state index is 12.7. The summed E-state index contributed by atoms with van der Waals surface area (Å²) in [7, 11) is -3.22. The summed E-state index contributed by atoms with van der Waals surface area (Å²) < 4.78 is 18.7. The van der Waals surface area contributed by atoms with Crippen molar-refractivity contribution < 1.29 is 9.09 Å². The van der Waals surface area contributed by atoms with Crippen molar-refractivity contribution in [1.29, 1.82) is 0 Å². The monoisotopic (exact) mass is 295 g/mol. The minimum Gasteiger partial charge on any atom is -0.311 e. The Balaban J connectivity index is 2.15. The normalized spacial score (nSPS) is 30.1. The molecular weight excluding hydrogens is 269 g/mol. The van der Waals surface area contributed by atoms with E-state index in [0.29, 0.717) is 23.1 Å². The van der Waals surface area contributed by atoms with E-state index in [9.17, 15) is 4.57 Å². The number of rotatable bonds is 4. The maximum atomic E-state index is 12.7. The molecule has 0 aromatic heterocycles. The first-order valence-corrected chi connectivity index (χ1v) is 9.22. The second-order valence-electron chi connectivity index (χ2n) is 6.40. The molecule has 1 fully saturated rings. The third-order valence-electron chi connectivity index (χ3n) is 4.37. The Morgan fingerprint density at radius 3 is 2.50 bits per heavy atom. The molecular formula is C16H26NO2P. The third kappa shape index (κ3) is 3.72. The fourth-order valence-electron chi connectivity index (χ4n) is 3.13. The zero-order valence-electron chi connectivity index (χ0n) is 12.7.